The third-order valence-electron chi connectivity index (χ3n) is 4.98. The molecule has 6 nitrogen and oxygen atoms in total. The van der Waals surface area contributed by atoms with Gasteiger partial charge in [-0.3, -0.25) is 4.79 Å². The lowest BCUT2D eigenvalue weighted by Gasteiger charge is -2.30. The van der Waals surface area contributed by atoms with Gasteiger partial charge in [-0.05, 0) is 30.7 Å². The molecule has 1 N–H and O–H groups in total. The number of sulfonamides is 1. The Labute approximate surface area is 160 Å². The highest BCUT2D eigenvalue weighted by atomic mass is 32.2. The summed E-state index contributed by atoms with van der Waals surface area (Å²) in [6, 6.07) is 1.73. The fraction of sp³-hybridized carbons (Fsp3) is 0.722. The van der Waals surface area contributed by atoms with E-state index in [1.165, 1.54) is 16.6 Å². The van der Waals surface area contributed by atoms with E-state index in [0.717, 1.165) is 37.3 Å². The van der Waals surface area contributed by atoms with Crippen LogP contribution >= 0.6 is 11.8 Å². The first kappa shape index (κ1) is 19.8. The third kappa shape index (κ3) is 4.28. The second-order valence-electron chi connectivity index (χ2n) is 8.32. The summed E-state index contributed by atoms with van der Waals surface area (Å²) in [5.74, 6) is 1.54. The molecule has 26 heavy (non-hydrogen) atoms. The van der Waals surface area contributed by atoms with E-state index in [9.17, 15) is 13.2 Å². The summed E-state index contributed by atoms with van der Waals surface area (Å²) >= 11 is 1.77. The lowest BCUT2D eigenvalue weighted by molar-refractivity contribution is 0.0699. The Bertz CT molecular complexity index is 746. The van der Waals surface area contributed by atoms with Gasteiger partial charge in [0.1, 0.15) is 10.6 Å². The topological polar surface area (TPSA) is 73.5 Å². The van der Waals surface area contributed by atoms with Crippen LogP contribution in [0.5, 0.6) is 0 Å². The maximum absolute atomic E-state index is 12.9. The van der Waals surface area contributed by atoms with E-state index in [1.54, 1.807) is 11.8 Å². The Morgan fingerprint density at radius 2 is 1.96 bits per heavy atom. The molecule has 2 saturated heterocycles. The Balaban J connectivity index is 1.75. The van der Waals surface area contributed by atoms with Crippen molar-refractivity contribution in [2.75, 3.05) is 31.1 Å². The molecular weight excluding hydrogens is 370 g/mol. The summed E-state index contributed by atoms with van der Waals surface area (Å²) in [6.45, 7) is 8.35. The molecule has 1 unspecified atom stereocenters. The van der Waals surface area contributed by atoms with Gasteiger partial charge in [0.2, 0.25) is 10.0 Å². The van der Waals surface area contributed by atoms with Crippen molar-refractivity contribution < 1.29 is 13.2 Å². The smallest absolute Gasteiger partial charge is 0.270 e. The summed E-state index contributed by atoms with van der Waals surface area (Å²) < 4.78 is 27.0. The Morgan fingerprint density at radius 1 is 1.27 bits per heavy atom. The summed E-state index contributed by atoms with van der Waals surface area (Å²) in [4.78, 5) is 18.0. The number of hydrogen-bond donors (Lipinski definition) is 1. The lowest BCUT2D eigenvalue weighted by Crippen LogP contribution is -2.38. The molecule has 2 fully saturated rings. The molecule has 1 aromatic heterocycles. The molecule has 0 radical (unpaired) electrons. The van der Waals surface area contributed by atoms with Crippen molar-refractivity contribution in [3.8, 4) is 0 Å². The van der Waals surface area contributed by atoms with E-state index in [-0.39, 0.29) is 22.3 Å². The molecule has 0 bridgehead atoms. The van der Waals surface area contributed by atoms with E-state index >= 15 is 0 Å². The van der Waals surface area contributed by atoms with Crippen LogP contribution in [0.1, 0.15) is 50.5 Å². The van der Waals surface area contributed by atoms with Gasteiger partial charge >= 0.3 is 0 Å². The van der Waals surface area contributed by atoms with Crippen LogP contribution in [0.4, 0.5) is 0 Å². The maximum Gasteiger partial charge on any atom is 0.270 e. The molecular formula is C18H29N3O3S2. The highest BCUT2D eigenvalue weighted by molar-refractivity contribution is 7.99. The van der Waals surface area contributed by atoms with Crippen LogP contribution in [0, 0.1) is 5.41 Å². The number of nitrogens with zero attached hydrogens (tertiary/aromatic N) is 2. The predicted octanol–water partition coefficient (Wildman–Crippen LogP) is 2.79. The van der Waals surface area contributed by atoms with Crippen LogP contribution in [0.15, 0.2) is 17.2 Å². The van der Waals surface area contributed by atoms with Gasteiger partial charge in [-0.15, -0.1) is 0 Å². The Kier molecular flexibility index (Phi) is 5.75. The number of likely N-dealkylation sites (tertiary alicyclic amines) is 1. The van der Waals surface area contributed by atoms with Crippen molar-refractivity contribution in [3.05, 3.63) is 18.0 Å². The highest BCUT2D eigenvalue weighted by Crippen LogP contribution is 2.31. The van der Waals surface area contributed by atoms with Gasteiger partial charge in [-0.2, -0.15) is 16.1 Å². The summed E-state index contributed by atoms with van der Waals surface area (Å²) in [5.41, 5.74) is 0.528. The molecule has 2 aliphatic heterocycles. The van der Waals surface area contributed by atoms with Crippen LogP contribution < -0.4 is 0 Å². The van der Waals surface area contributed by atoms with E-state index in [0.29, 0.717) is 18.8 Å². The number of thioether (sulfide) groups is 1. The number of carbonyl (C=O) groups is 1. The first-order valence-corrected chi connectivity index (χ1v) is 11.9. The molecule has 0 aromatic carbocycles. The highest BCUT2D eigenvalue weighted by Gasteiger charge is 2.34. The molecule has 0 spiro atoms. The molecule has 146 valence electrons. The second-order valence-corrected chi connectivity index (χ2v) is 11.5. The van der Waals surface area contributed by atoms with Crippen LogP contribution in [0.3, 0.4) is 0 Å². The van der Waals surface area contributed by atoms with Crippen LogP contribution in [0.2, 0.25) is 0 Å². The first-order valence-electron chi connectivity index (χ1n) is 9.26. The summed E-state index contributed by atoms with van der Waals surface area (Å²) in [7, 11) is -3.52. The Hall–Kier alpha value is -0.990. The van der Waals surface area contributed by atoms with Crippen LogP contribution in [-0.2, 0) is 10.0 Å². The fourth-order valence-corrected chi connectivity index (χ4v) is 6.33. The monoisotopic (exact) mass is 399 g/mol. The Morgan fingerprint density at radius 3 is 2.62 bits per heavy atom. The lowest BCUT2D eigenvalue weighted by atomic mass is 9.87. The van der Waals surface area contributed by atoms with Gasteiger partial charge in [0.25, 0.3) is 5.91 Å². The summed E-state index contributed by atoms with van der Waals surface area (Å²) in [5, 5.41) is 0. The quantitative estimate of drug-likeness (QED) is 0.845. The van der Waals surface area contributed by atoms with Crippen molar-refractivity contribution in [2.24, 2.45) is 5.41 Å². The van der Waals surface area contributed by atoms with Crippen LogP contribution in [-0.4, -0.2) is 65.7 Å². The fourth-order valence-electron chi connectivity index (χ4n) is 3.76. The standard InChI is InChI=1S/C18H29N3O3S2/c1-18(2,3)12-14-5-4-6-21(14)17(22)16-11-15(13-19-16)26(23,24)20-7-9-25-10-8-20/h11,13-14,19H,4-10,12H2,1-3H3. The zero-order valence-electron chi connectivity index (χ0n) is 15.8. The zero-order valence-corrected chi connectivity index (χ0v) is 17.5. The van der Waals surface area contributed by atoms with Crippen molar-refractivity contribution in [1.29, 1.82) is 0 Å². The van der Waals surface area contributed by atoms with Gasteiger partial charge in [-0.1, -0.05) is 20.8 Å². The van der Waals surface area contributed by atoms with Crippen molar-refractivity contribution in [2.45, 2.75) is 51.0 Å². The predicted molar refractivity (Wildman–Crippen MR) is 105 cm³/mol. The van der Waals surface area contributed by atoms with Gasteiger partial charge < -0.3 is 9.88 Å². The minimum atomic E-state index is -3.52. The number of hydrogen-bond acceptors (Lipinski definition) is 4. The molecule has 1 aromatic rings. The zero-order chi connectivity index (χ0) is 18.9. The van der Waals surface area contributed by atoms with Gasteiger partial charge in [0.15, 0.2) is 0 Å². The van der Waals surface area contributed by atoms with Crippen molar-refractivity contribution in [3.63, 3.8) is 0 Å². The van der Waals surface area contributed by atoms with Crippen LogP contribution in [0.25, 0.3) is 0 Å². The third-order valence-corrected chi connectivity index (χ3v) is 7.80. The molecule has 8 heteroatoms. The average molecular weight is 400 g/mol. The molecule has 1 amide bonds. The minimum absolute atomic E-state index is 0.0904. The molecule has 3 rings (SSSR count). The first-order chi connectivity index (χ1) is 12.2. The SMILES string of the molecule is CC(C)(C)CC1CCCN1C(=O)c1cc(S(=O)(=O)N2CCSCC2)c[nH]1. The number of amides is 1. The number of carbonyl (C=O) groups excluding carboxylic acids is 1. The second kappa shape index (κ2) is 7.56. The summed E-state index contributed by atoms with van der Waals surface area (Å²) in [6.07, 6.45) is 4.43. The molecule has 2 aliphatic rings. The van der Waals surface area contributed by atoms with E-state index < -0.39 is 10.0 Å². The van der Waals surface area contributed by atoms with Gasteiger partial charge in [-0.25, -0.2) is 8.42 Å². The number of H-pyrrole nitrogens is 1. The van der Waals surface area contributed by atoms with Crippen molar-refractivity contribution in [1.82, 2.24) is 14.2 Å². The van der Waals surface area contributed by atoms with Crippen molar-refractivity contribution >= 4 is 27.7 Å². The largest absolute Gasteiger partial charge is 0.356 e. The normalized spacial score (nSPS) is 22.7. The average Bonchev–Trinajstić information content (AvgIpc) is 3.23. The molecule has 1 atom stereocenters. The van der Waals surface area contributed by atoms with E-state index in [1.807, 2.05) is 4.90 Å². The maximum atomic E-state index is 12.9. The number of nitrogens with one attached hydrogen (secondary N) is 1. The number of aromatic nitrogens is 1. The molecule has 0 aliphatic carbocycles. The molecule has 3 heterocycles. The van der Waals surface area contributed by atoms with E-state index in [4.69, 9.17) is 0 Å². The van der Waals surface area contributed by atoms with Gasteiger partial charge in [0.05, 0.1) is 0 Å². The minimum Gasteiger partial charge on any atom is -0.356 e. The van der Waals surface area contributed by atoms with Gasteiger partial charge in [0, 0.05) is 43.4 Å². The number of aromatic amines is 1. The van der Waals surface area contributed by atoms with E-state index in [2.05, 4.69) is 25.8 Å². The molecule has 0 saturated carbocycles. The number of rotatable bonds is 4.